The smallest absolute Gasteiger partial charge is 0.0298 e. The minimum Gasteiger partial charge on any atom is -0.375 e. The van der Waals surface area contributed by atoms with Crippen LogP contribution in [0.15, 0.2) is 36.6 Å². The SMILES string of the molecule is CC(C)(C)CCCCCC=CC=CC=CN1CCNCC1. The van der Waals surface area contributed by atoms with Gasteiger partial charge in [-0.25, -0.2) is 0 Å². The Bertz CT molecular complexity index is 328. The molecule has 1 heterocycles. The van der Waals surface area contributed by atoms with Crippen molar-refractivity contribution in [1.82, 2.24) is 10.2 Å². The Labute approximate surface area is 132 Å². The van der Waals surface area contributed by atoms with Crippen LogP contribution in [-0.2, 0) is 0 Å². The minimum atomic E-state index is 0.495. The van der Waals surface area contributed by atoms with Crippen molar-refractivity contribution in [3.8, 4) is 0 Å². The summed E-state index contributed by atoms with van der Waals surface area (Å²) >= 11 is 0. The highest BCUT2D eigenvalue weighted by Crippen LogP contribution is 2.22. The first kappa shape index (κ1) is 18.0. The lowest BCUT2D eigenvalue weighted by Gasteiger charge is -2.25. The van der Waals surface area contributed by atoms with E-state index in [1.54, 1.807) is 0 Å². The molecule has 0 spiro atoms. The fourth-order valence-electron chi connectivity index (χ4n) is 2.40. The molecule has 0 aromatic heterocycles. The van der Waals surface area contributed by atoms with E-state index in [9.17, 15) is 0 Å². The van der Waals surface area contributed by atoms with Crippen LogP contribution in [0.3, 0.4) is 0 Å². The summed E-state index contributed by atoms with van der Waals surface area (Å²) in [4.78, 5) is 2.36. The Balaban J connectivity index is 1.98. The molecule has 0 unspecified atom stereocenters. The van der Waals surface area contributed by atoms with E-state index in [1.807, 2.05) is 0 Å². The van der Waals surface area contributed by atoms with Gasteiger partial charge in [0.05, 0.1) is 0 Å². The molecular formula is C19H34N2. The molecule has 0 amide bonds. The van der Waals surface area contributed by atoms with Crippen LogP contribution in [0.4, 0.5) is 0 Å². The van der Waals surface area contributed by atoms with Crippen molar-refractivity contribution in [3.05, 3.63) is 36.6 Å². The largest absolute Gasteiger partial charge is 0.375 e. The number of rotatable bonds is 8. The summed E-state index contributed by atoms with van der Waals surface area (Å²) in [5.74, 6) is 0. The monoisotopic (exact) mass is 290 g/mol. The van der Waals surface area contributed by atoms with Gasteiger partial charge in [0.25, 0.3) is 0 Å². The van der Waals surface area contributed by atoms with Crippen LogP contribution in [0.2, 0.25) is 0 Å². The van der Waals surface area contributed by atoms with Gasteiger partial charge in [0.1, 0.15) is 0 Å². The number of hydrogen-bond donors (Lipinski definition) is 1. The van der Waals surface area contributed by atoms with Crippen molar-refractivity contribution >= 4 is 0 Å². The predicted octanol–water partition coefficient (Wildman–Crippen LogP) is 4.51. The summed E-state index contributed by atoms with van der Waals surface area (Å²) in [5, 5.41) is 3.36. The van der Waals surface area contributed by atoms with Crippen molar-refractivity contribution in [2.24, 2.45) is 5.41 Å². The summed E-state index contributed by atoms with van der Waals surface area (Å²) < 4.78 is 0. The van der Waals surface area contributed by atoms with Crippen molar-refractivity contribution in [3.63, 3.8) is 0 Å². The lowest BCUT2D eigenvalue weighted by molar-refractivity contribution is 0.324. The van der Waals surface area contributed by atoms with Crippen LogP contribution in [0.5, 0.6) is 0 Å². The maximum Gasteiger partial charge on any atom is 0.0298 e. The number of allylic oxidation sites excluding steroid dienone is 5. The zero-order valence-corrected chi connectivity index (χ0v) is 14.3. The van der Waals surface area contributed by atoms with E-state index in [2.05, 4.69) is 67.6 Å². The molecule has 1 aliphatic rings. The zero-order chi connectivity index (χ0) is 15.4. The Morgan fingerprint density at radius 1 is 0.905 bits per heavy atom. The highest BCUT2D eigenvalue weighted by Gasteiger charge is 2.08. The van der Waals surface area contributed by atoms with Gasteiger partial charge in [-0.15, -0.1) is 0 Å². The first-order valence-electron chi connectivity index (χ1n) is 8.53. The summed E-state index contributed by atoms with van der Waals surface area (Å²) in [7, 11) is 0. The van der Waals surface area contributed by atoms with Crippen LogP contribution in [0, 0.1) is 5.41 Å². The summed E-state index contributed by atoms with van der Waals surface area (Å²) in [6.45, 7) is 11.4. The molecule has 0 atom stereocenters. The lowest BCUT2D eigenvalue weighted by Crippen LogP contribution is -2.40. The summed E-state index contributed by atoms with van der Waals surface area (Å²) in [6, 6.07) is 0. The highest BCUT2D eigenvalue weighted by atomic mass is 15.2. The van der Waals surface area contributed by atoms with Gasteiger partial charge in [0, 0.05) is 26.2 Å². The van der Waals surface area contributed by atoms with Crippen LogP contribution in [0.1, 0.15) is 52.9 Å². The van der Waals surface area contributed by atoms with Gasteiger partial charge >= 0.3 is 0 Å². The molecule has 1 fully saturated rings. The van der Waals surface area contributed by atoms with Gasteiger partial charge in [-0.1, -0.05) is 57.9 Å². The molecule has 0 aliphatic carbocycles. The second-order valence-corrected chi connectivity index (χ2v) is 7.10. The number of nitrogens with zero attached hydrogens (tertiary/aromatic N) is 1. The van der Waals surface area contributed by atoms with Crippen LogP contribution in [0.25, 0.3) is 0 Å². The molecule has 0 radical (unpaired) electrons. The average molecular weight is 290 g/mol. The molecule has 0 bridgehead atoms. The Hall–Kier alpha value is -1.02. The van der Waals surface area contributed by atoms with E-state index in [4.69, 9.17) is 0 Å². The van der Waals surface area contributed by atoms with Crippen LogP contribution in [-0.4, -0.2) is 31.1 Å². The lowest BCUT2D eigenvalue weighted by atomic mass is 9.89. The number of piperazine rings is 1. The van der Waals surface area contributed by atoms with Gasteiger partial charge in [0.15, 0.2) is 0 Å². The van der Waals surface area contributed by atoms with E-state index in [0.717, 1.165) is 26.2 Å². The number of nitrogens with one attached hydrogen (secondary N) is 1. The number of unbranched alkanes of at least 4 members (excludes halogenated alkanes) is 3. The minimum absolute atomic E-state index is 0.495. The highest BCUT2D eigenvalue weighted by molar-refractivity contribution is 5.11. The summed E-state index contributed by atoms with van der Waals surface area (Å²) in [5.41, 5.74) is 0.495. The second-order valence-electron chi connectivity index (χ2n) is 7.10. The van der Waals surface area contributed by atoms with Gasteiger partial charge in [-0.3, -0.25) is 0 Å². The molecule has 1 aliphatic heterocycles. The van der Waals surface area contributed by atoms with Crippen LogP contribution >= 0.6 is 0 Å². The molecule has 0 aromatic carbocycles. The Morgan fingerprint density at radius 3 is 2.33 bits per heavy atom. The third kappa shape index (κ3) is 11.3. The third-order valence-electron chi connectivity index (χ3n) is 3.72. The van der Waals surface area contributed by atoms with Crippen molar-refractivity contribution in [2.75, 3.05) is 26.2 Å². The Morgan fingerprint density at radius 2 is 1.62 bits per heavy atom. The van der Waals surface area contributed by atoms with E-state index in [0.29, 0.717) is 5.41 Å². The van der Waals surface area contributed by atoms with E-state index < -0.39 is 0 Å². The first-order chi connectivity index (χ1) is 10.1. The zero-order valence-electron chi connectivity index (χ0n) is 14.3. The topological polar surface area (TPSA) is 15.3 Å². The molecular weight excluding hydrogens is 256 g/mol. The molecule has 0 aromatic rings. The predicted molar refractivity (Wildman–Crippen MR) is 94.4 cm³/mol. The molecule has 1 rings (SSSR count). The normalized spacial score (nSPS) is 17.6. The van der Waals surface area contributed by atoms with E-state index in [-0.39, 0.29) is 0 Å². The van der Waals surface area contributed by atoms with Gasteiger partial charge in [0.2, 0.25) is 0 Å². The molecule has 120 valence electrons. The molecule has 0 saturated carbocycles. The van der Waals surface area contributed by atoms with E-state index in [1.165, 1.54) is 32.1 Å². The maximum atomic E-state index is 3.36. The van der Waals surface area contributed by atoms with Gasteiger partial charge in [-0.05, 0) is 37.0 Å². The van der Waals surface area contributed by atoms with Crippen molar-refractivity contribution in [2.45, 2.75) is 52.9 Å². The molecule has 1 N–H and O–H groups in total. The quantitative estimate of drug-likeness (QED) is 0.522. The average Bonchev–Trinajstić information content (AvgIpc) is 2.44. The fraction of sp³-hybridized carbons (Fsp3) is 0.684. The van der Waals surface area contributed by atoms with Crippen molar-refractivity contribution in [1.29, 1.82) is 0 Å². The standard InChI is InChI=1S/C19H34N2/c1-19(2,3)13-11-9-7-5-4-6-8-10-12-16-21-17-14-20-15-18-21/h4,6,8,10,12,16,20H,5,7,9,11,13-15,17-18H2,1-3H3. The molecule has 2 nitrogen and oxygen atoms in total. The third-order valence-corrected chi connectivity index (χ3v) is 3.72. The molecule has 2 heteroatoms. The fourth-order valence-corrected chi connectivity index (χ4v) is 2.40. The second kappa shape index (κ2) is 10.7. The van der Waals surface area contributed by atoms with Crippen molar-refractivity contribution < 1.29 is 0 Å². The number of hydrogen-bond acceptors (Lipinski definition) is 2. The maximum absolute atomic E-state index is 3.36. The van der Waals surface area contributed by atoms with E-state index >= 15 is 0 Å². The van der Waals surface area contributed by atoms with Gasteiger partial charge < -0.3 is 10.2 Å². The van der Waals surface area contributed by atoms with Gasteiger partial charge in [-0.2, -0.15) is 0 Å². The summed E-state index contributed by atoms with van der Waals surface area (Å²) in [6.07, 6.45) is 19.6. The molecule has 1 saturated heterocycles. The molecule has 21 heavy (non-hydrogen) atoms. The first-order valence-corrected chi connectivity index (χ1v) is 8.53. The van der Waals surface area contributed by atoms with Crippen LogP contribution < -0.4 is 5.32 Å². The Kier molecular flexibility index (Phi) is 9.16.